The van der Waals surface area contributed by atoms with E-state index in [-0.39, 0.29) is 18.0 Å². The lowest BCUT2D eigenvalue weighted by atomic mass is 9.92. The van der Waals surface area contributed by atoms with E-state index in [1.807, 2.05) is 12.1 Å². The largest absolute Gasteiger partial charge is 0.378 e. The summed E-state index contributed by atoms with van der Waals surface area (Å²) in [7, 11) is 0. The molecule has 6 nitrogen and oxygen atoms in total. The SMILES string of the molecule is CCC(C)c1ccc(C(NC(=O)NCc2ccnc(N3CCOCC3)c2)C(C)C)cc1. The fourth-order valence-corrected chi connectivity index (χ4v) is 3.81. The number of nitrogens with zero attached hydrogens (tertiary/aromatic N) is 2. The molecule has 0 aliphatic carbocycles. The van der Waals surface area contributed by atoms with Crippen LogP contribution in [-0.2, 0) is 11.3 Å². The molecular formula is C25H36N4O2. The van der Waals surface area contributed by atoms with Gasteiger partial charge < -0.3 is 20.3 Å². The average molecular weight is 425 g/mol. The minimum absolute atomic E-state index is 0.0349. The molecule has 2 atom stereocenters. The van der Waals surface area contributed by atoms with Gasteiger partial charge in [0.2, 0.25) is 0 Å². The number of urea groups is 1. The molecular weight excluding hydrogens is 388 g/mol. The summed E-state index contributed by atoms with van der Waals surface area (Å²) in [6.07, 6.45) is 2.92. The van der Waals surface area contributed by atoms with Crippen LogP contribution in [-0.4, -0.2) is 37.3 Å². The molecule has 3 rings (SSSR count). The Balaban J connectivity index is 1.58. The maximum atomic E-state index is 12.6. The Morgan fingerprint density at radius 1 is 1.10 bits per heavy atom. The zero-order valence-electron chi connectivity index (χ0n) is 19.2. The molecule has 2 amide bonds. The third-order valence-electron chi connectivity index (χ3n) is 6.03. The monoisotopic (exact) mass is 424 g/mol. The summed E-state index contributed by atoms with van der Waals surface area (Å²) in [6, 6.07) is 12.4. The molecule has 0 saturated carbocycles. The number of pyridine rings is 1. The lowest BCUT2D eigenvalue weighted by Crippen LogP contribution is -2.39. The van der Waals surface area contributed by atoms with Gasteiger partial charge in [0, 0.05) is 25.8 Å². The molecule has 1 fully saturated rings. The van der Waals surface area contributed by atoms with E-state index in [1.165, 1.54) is 5.56 Å². The van der Waals surface area contributed by atoms with Crippen LogP contribution in [0.4, 0.5) is 10.6 Å². The van der Waals surface area contributed by atoms with Gasteiger partial charge in [0.25, 0.3) is 0 Å². The van der Waals surface area contributed by atoms with Gasteiger partial charge in [0.1, 0.15) is 5.82 Å². The number of aromatic nitrogens is 1. The van der Waals surface area contributed by atoms with Gasteiger partial charge in [-0.05, 0) is 47.1 Å². The van der Waals surface area contributed by atoms with Gasteiger partial charge in [-0.2, -0.15) is 0 Å². The molecule has 0 bridgehead atoms. The van der Waals surface area contributed by atoms with Gasteiger partial charge in [-0.1, -0.05) is 52.0 Å². The number of hydrogen-bond donors (Lipinski definition) is 2. The third kappa shape index (κ3) is 6.44. The normalized spacial score (nSPS) is 16.1. The minimum Gasteiger partial charge on any atom is -0.378 e. The fourth-order valence-electron chi connectivity index (χ4n) is 3.81. The van der Waals surface area contributed by atoms with E-state index < -0.39 is 0 Å². The highest BCUT2D eigenvalue weighted by atomic mass is 16.5. The van der Waals surface area contributed by atoms with Crippen molar-refractivity contribution in [3.63, 3.8) is 0 Å². The van der Waals surface area contributed by atoms with E-state index in [4.69, 9.17) is 4.74 Å². The van der Waals surface area contributed by atoms with Crippen LogP contribution in [0.1, 0.15) is 62.8 Å². The third-order valence-corrected chi connectivity index (χ3v) is 6.03. The van der Waals surface area contributed by atoms with Crippen molar-refractivity contribution in [3.05, 3.63) is 59.3 Å². The first-order valence-electron chi connectivity index (χ1n) is 11.4. The van der Waals surface area contributed by atoms with E-state index in [0.29, 0.717) is 12.5 Å². The minimum atomic E-state index is -0.158. The second kappa shape index (κ2) is 11.1. The van der Waals surface area contributed by atoms with Crippen LogP contribution in [0.5, 0.6) is 0 Å². The number of nitrogens with one attached hydrogen (secondary N) is 2. The second-order valence-electron chi connectivity index (χ2n) is 8.65. The molecule has 31 heavy (non-hydrogen) atoms. The van der Waals surface area contributed by atoms with Crippen molar-refractivity contribution < 1.29 is 9.53 Å². The molecule has 1 aliphatic rings. The van der Waals surface area contributed by atoms with Gasteiger partial charge in [0.15, 0.2) is 0 Å². The topological polar surface area (TPSA) is 66.5 Å². The molecule has 2 unspecified atom stereocenters. The summed E-state index contributed by atoms with van der Waals surface area (Å²) < 4.78 is 5.41. The van der Waals surface area contributed by atoms with Gasteiger partial charge >= 0.3 is 6.03 Å². The molecule has 6 heteroatoms. The Hall–Kier alpha value is -2.60. The van der Waals surface area contributed by atoms with Crippen molar-refractivity contribution >= 4 is 11.8 Å². The number of carbonyl (C=O) groups is 1. The highest BCUT2D eigenvalue weighted by Gasteiger charge is 2.19. The van der Waals surface area contributed by atoms with Crippen molar-refractivity contribution in [2.45, 2.75) is 52.6 Å². The van der Waals surface area contributed by atoms with E-state index in [0.717, 1.165) is 49.7 Å². The number of morpholine rings is 1. The van der Waals surface area contributed by atoms with Crippen LogP contribution >= 0.6 is 0 Å². The molecule has 1 aliphatic heterocycles. The number of anilines is 1. The van der Waals surface area contributed by atoms with Crippen LogP contribution in [0.25, 0.3) is 0 Å². The molecule has 2 aromatic rings. The summed E-state index contributed by atoms with van der Waals surface area (Å²) in [4.78, 5) is 19.3. The van der Waals surface area contributed by atoms with E-state index in [1.54, 1.807) is 6.20 Å². The van der Waals surface area contributed by atoms with Gasteiger partial charge in [-0.25, -0.2) is 9.78 Å². The summed E-state index contributed by atoms with van der Waals surface area (Å²) >= 11 is 0. The Kier molecular flexibility index (Phi) is 8.29. The van der Waals surface area contributed by atoms with Crippen molar-refractivity contribution in [2.24, 2.45) is 5.92 Å². The zero-order valence-corrected chi connectivity index (χ0v) is 19.2. The summed E-state index contributed by atoms with van der Waals surface area (Å²) in [5.41, 5.74) is 3.51. The Morgan fingerprint density at radius 3 is 2.42 bits per heavy atom. The molecule has 2 N–H and O–H groups in total. The summed E-state index contributed by atoms with van der Waals surface area (Å²) in [6.45, 7) is 12.3. The van der Waals surface area contributed by atoms with Crippen molar-refractivity contribution in [1.29, 1.82) is 0 Å². The predicted molar refractivity (Wildman–Crippen MR) is 125 cm³/mol. The van der Waals surface area contributed by atoms with Crippen LogP contribution in [0.15, 0.2) is 42.6 Å². The van der Waals surface area contributed by atoms with Crippen molar-refractivity contribution in [1.82, 2.24) is 15.6 Å². The molecule has 1 aromatic heterocycles. The maximum Gasteiger partial charge on any atom is 0.315 e. The van der Waals surface area contributed by atoms with Crippen LogP contribution in [0.2, 0.25) is 0 Å². The fraction of sp³-hybridized carbons (Fsp3) is 0.520. The first kappa shape index (κ1) is 23.1. The Morgan fingerprint density at radius 2 is 1.77 bits per heavy atom. The van der Waals surface area contributed by atoms with Crippen molar-refractivity contribution in [3.8, 4) is 0 Å². The molecule has 168 valence electrons. The lowest BCUT2D eigenvalue weighted by molar-refractivity contribution is 0.122. The highest BCUT2D eigenvalue weighted by Crippen LogP contribution is 2.25. The first-order valence-corrected chi connectivity index (χ1v) is 11.4. The summed E-state index contributed by atoms with van der Waals surface area (Å²) in [5.74, 6) is 1.77. The number of ether oxygens (including phenoxy) is 1. The van der Waals surface area contributed by atoms with Gasteiger partial charge in [-0.3, -0.25) is 0 Å². The summed E-state index contributed by atoms with van der Waals surface area (Å²) in [5, 5.41) is 6.15. The number of rotatable bonds is 8. The quantitative estimate of drug-likeness (QED) is 0.648. The molecule has 0 spiro atoms. The average Bonchev–Trinajstić information content (AvgIpc) is 2.81. The predicted octanol–water partition coefficient (Wildman–Crippen LogP) is 4.63. The Labute approximate surface area is 186 Å². The number of amides is 2. The zero-order chi connectivity index (χ0) is 22.2. The van der Waals surface area contributed by atoms with Crippen LogP contribution in [0.3, 0.4) is 0 Å². The smallest absolute Gasteiger partial charge is 0.315 e. The second-order valence-corrected chi connectivity index (χ2v) is 8.65. The first-order chi connectivity index (χ1) is 15.0. The number of hydrogen-bond acceptors (Lipinski definition) is 4. The van der Waals surface area contributed by atoms with Crippen LogP contribution in [0, 0.1) is 5.92 Å². The lowest BCUT2D eigenvalue weighted by Gasteiger charge is -2.28. The van der Waals surface area contributed by atoms with Gasteiger partial charge in [0.05, 0.1) is 19.3 Å². The van der Waals surface area contributed by atoms with E-state index in [2.05, 4.69) is 72.5 Å². The van der Waals surface area contributed by atoms with E-state index >= 15 is 0 Å². The van der Waals surface area contributed by atoms with Crippen molar-refractivity contribution in [2.75, 3.05) is 31.2 Å². The molecule has 0 radical (unpaired) electrons. The highest BCUT2D eigenvalue weighted by molar-refractivity contribution is 5.74. The molecule has 1 saturated heterocycles. The van der Waals surface area contributed by atoms with E-state index in [9.17, 15) is 4.79 Å². The van der Waals surface area contributed by atoms with Gasteiger partial charge in [-0.15, -0.1) is 0 Å². The number of carbonyl (C=O) groups excluding carboxylic acids is 1. The maximum absolute atomic E-state index is 12.6. The number of benzene rings is 1. The Bertz CT molecular complexity index is 832. The standard InChI is InChI=1S/C25H36N4O2/c1-5-19(4)21-6-8-22(9-7-21)24(18(2)3)28-25(30)27-17-20-10-11-26-23(16-20)29-12-14-31-15-13-29/h6-11,16,18-19,24H,5,12-15,17H2,1-4H3,(H2,27,28,30). The molecule has 1 aromatic carbocycles. The molecule has 2 heterocycles. The van der Waals surface area contributed by atoms with Crippen LogP contribution < -0.4 is 15.5 Å².